The van der Waals surface area contributed by atoms with Gasteiger partial charge in [0.1, 0.15) is 0 Å². The molecule has 0 unspecified atom stereocenters. The minimum Gasteiger partial charge on any atom is -0.361 e. The summed E-state index contributed by atoms with van der Waals surface area (Å²) in [5, 5.41) is 4.84. The number of carbonyl (C=O) groups excluding carboxylic acids is 1. The smallest absolute Gasteiger partial charge is 0.287 e. The fourth-order valence-electron chi connectivity index (χ4n) is 3.92. The average molecular weight is 429 g/mol. The zero-order chi connectivity index (χ0) is 21.2. The molecule has 1 amide bonds. The summed E-state index contributed by atoms with van der Waals surface area (Å²) in [6, 6.07) is 23.7. The molecule has 2 aromatic heterocycles. The number of hydrogen-bond donors (Lipinski definition) is 2. The number of benzene rings is 3. The molecular formula is C25H21ClN4O. The van der Waals surface area contributed by atoms with Crippen molar-refractivity contribution in [1.29, 1.82) is 0 Å². The number of nitrogens with one attached hydrogen (secondary N) is 2. The number of amides is 1. The van der Waals surface area contributed by atoms with Crippen LogP contribution in [0, 0.1) is 0 Å². The highest BCUT2D eigenvalue weighted by Crippen LogP contribution is 2.22. The van der Waals surface area contributed by atoms with Gasteiger partial charge in [0.2, 0.25) is 0 Å². The number of H-pyrrole nitrogens is 1. The van der Waals surface area contributed by atoms with E-state index in [1.165, 1.54) is 10.9 Å². The standard InChI is InChI=1S/C25H21ClN4O/c26-19-10-11-22-23(14-19)30(16-17-6-2-1-3-7-17)24(29-22)25(31)27-13-12-18-15-28-21-9-5-4-8-20(18)21/h1-11,14-15,28H,12-13,16H2,(H,27,31). The van der Waals surface area contributed by atoms with Gasteiger partial charge in [0.25, 0.3) is 5.91 Å². The fraction of sp³-hybridized carbons (Fsp3) is 0.120. The van der Waals surface area contributed by atoms with E-state index >= 15 is 0 Å². The maximum Gasteiger partial charge on any atom is 0.287 e. The molecule has 0 atom stereocenters. The molecule has 2 heterocycles. The molecule has 0 saturated heterocycles. The van der Waals surface area contributed by atoms with Crippen LogP contribution in [0.15, 0.2) is 79.0 Å². The lowest BCUT2D eigenvalue weighted by Gasteiger charge is -2.10. The van der Waals surface area contributed by atoms with E-state index in [0.717, 1.165) is 28.5 Å². The van der Waals surface area contributed by atoms with Gasteiger partial charge in [-0.15, -0.1) is 0 Å². The molecule has 2 N–H and O–H groups in total. The summed E-state index contributed by atoms with van der Waals surface area (Å²) in [4.78, 5) is 20.9. The number of imidazole rings is 1. The molecule has 0 fully saturated rings. The molecule has 0 aliphatic heterocycles. The van der Waals surface area contributed by atoms with Crippen LogP contribution in [0.3, 0.4) is 0 Å². The van der Waals surface area contributed by atoms with Crippen molar-refractivity contribution >= 4 is 39.4 Å². The predicted octanol–water partition coefficient (Wildman–Crippen LogP) is 5.19. The molecule has 5 aromatic rings. The number of carbonyl (C=O) groups is 1. The van der Waals surface area contributed by atoms with E-state index in [1.54, 1.807) is 6.07 Å². The van der Waals surface area contributed by atoms with Crippen LogP contribution in [-0.2, 0) is 13.0 Å². The Bertz CT molecular complexity index is 1370. The van der Waals surface area contributed by atoms with Gasteiger partial charge in [0, 0.05) is 35.2 Å². The summed E-state index contributed by atoms with van der Waals surface area (Å²) in [7, 11) is 0. The van der Waals surface area contributed by atoms with E-state index < -0.39 is 0 Å². The van der Waals surface area contributed by atoms with Crippen LogP contribution in [-0.4, -0.2) is 27.0 Å². The number of rotatable bonds is 6. The number of hydrogen-bond acceptors (Lipinski definition) is 2. The maximum absolute atomic E-state index is 13.1. The second-order valence-electron chi connectivity index (χ2n) is 7.51. The highest BCUT2D eigenvalue weighted by atomic mass is 35.5. The van der Waals surface area contributed by atoms with Crippen LogP contribution < -0.4 is 5.32 Å². The SMILES string of the molecule is O=C(NCCc1c[nH]c2ccccc12)c1nc2ccc(Cl)cc2n1Cc1ccccc1. The topological polar surface area (TPSA) is 62.7 Å². The molecule has 0 aliphatic carbocycles. The van der Waals surface area contributed by atoms with Gasteiger partial charge in [-0.05, 0) is 41.8 Å². The first kappa shape index (κ1) is 19.4. The highest BCUT2D eigenvalue weighted by Gasteiger charge is 2.18. The quantitative estimate of drug-likeness (QED) is 0.391. The third-order valence-electron chi connectivity index (χ3n) is 5.45. The van der Waals surface area contributed by atoms with E-state index in [9.17, 15) is 4.79 Å². The van der Waals surface area contributed by atoms with Crippen molar-refractivity contribution in [3.8, 4) is 0 Å². The number of aromatic nitrogens is 3. The Kier molecular flexibility index (Phi) is 5.18. The van der Waals surface area contributed by atoms with Gasteiger partial charge in [0.15, 0.2) is 5.82 Å². The Hall–Kier alpha value is -3.57. The van der Waals surface area contributed by atoms with E-state index in [-0.39, 0.29) is 5.91 Å². The zero-order valence-corrected chi connectivity index (χ0v) is 17.6. The van der Waals surface area contributed by atoms with E-state index in [4.69, 9.17) is 11.6 Å². The van der Waals surface area contributed by atoms with Crippen LogP contribution >= 0.6 is 11.6 Å². The third-order valence-corrected chi connectivity index (χ3v) is 5.69. The first-order valence-electron chi connectivity index (χ1n) is 10.2. The van der Waals surface area contributed by atoms with E-state index in [2.05, 4.69) is 27.4 Å². The molecule has 3 aromatic carbocycles. The molecule has 0 radical (unpaired) electrons. The summed E-state index contributed by atoms with van der Waals surface area (Å²) in [6.07, 6.45) is 2.74. The van der Waals surface area contributed by atoms with Gasteiger partial charge >= 0.3 is 0 Å². The number of para-hydroxylation sites is 1. The van der Waals surface area contributed by atoms with Gasteiger partial charge in [-0.3, -0.25) is 4.79 Å². The third kappa shape index (κ3) is 3.92. The molecule has 5 nitrogen and oxygen atoms in total. The van der Waals surface area contributed by atoms with Crippen molar-refractivity contribution in [2.45, 2.75) is 13.0 Å². The Morgan fingerprint density at radius 1 is 1.03 bits per heavy atom. The van der Waals surface area contributed by atoms with Gasteiger partial charge in [0.05, 0.1) is 11.0 Å². The van der Waals surface area contributed by atoms with E-state index in [1.807, 2.05) is 65.4 Å². The van der Waals surface area contributed by atoms with Crippen molar-refractivity contribution < 1.29 is 4.79 Å². The van der Waals surface area contributed by atoms with Crippen LogP contribution in [0.25, 0.3) is 21.9 Å². The van der Waals surface area contributed by atoms with Crippen LogP contribution in [0.5, 0.6) is 0 Å². The Balaban J connectivity index is 1.39. The maximum atomic E-state index is 13.1. The van der Waals surface area contributed by atoms with Gasteiger partial charge in [-0.1, -0.05) is 60.1 Å². The van der Waals surface area contributed by atoms with E-state index in [0.29, 0.717) is 23.9 Å². The molecule has 0 saturated carbocycles. The minimum atomic E-state index is -0.192. The normalized spacial score (nSPS) is 11.3. The van der Waals surface area contributed by atoms with Crippen molar-refractivity contribution in [3.63, 3.8) is 0 Å². The molecule has 0 aliphatic rings. The fourth-order valence-corrected chi connectivity index (χ4v) is 4.09. The number of fused-ring (bicyclic) bond motifs is 2. The minimum absolute atomic E-state index is 0.192. The van der Waals surface area contributed by atoms with Crippen molar-refractivity contribution in [2.75, 3.05) is 6.54 Å². The van der Waals surface area contributed by atoms with Crippen molar-refractivity contribution in [1.82, 2.24) is 19.9 Å². The molecule has 154 valence electrons. The average Bonchev–Trinajstić information content (AvgIpc) is 3.36. The zero-order valence-electron chi connectivity index (χ0n) is 16.8. The monoisotopic (exact) mass is 428 g/mol. The predicted molar refractivity (Wildman–Crippen MR) is 125 cm³/mol. The summed E-state index contributed by atoms with van der Waals surface area (Å²) < 4.78 is 1.93. The molecule has 0 bridgehead atoms. The Morgan fingerprint density at radius 3 is 2.71 bits per heavy atom. The number of aromatic amines is 1. The first-order chi connectivity index (χ1) is 15.2. The first-order valence-corrected chi connectivity index (χ1v) is 10.6. The summed E-state index contributed by atoms with van der Waals surface area (Å²) in [5.74, 6) is 0.197. The second kappa shape index (κ2) is 8.28. The van der Waals surface area contributed by atoms with Crippen LogP contribution in [0.4, 0.5) is 0 Å². The summed E-state index contributed by atoms with van der Waals surface area (Å²) in [5.41, 5.74) is 4.97. The lowest BCUT2D eigenvalue weighted by atomic mass is 10.1. The molecular weight excluding hydrogens is 408 g/mol. The largest absolute Gasteiger partial charge is 0.361 e. The van der Waals surface area contributed by atoms with Crippen LogP contribution in [0.1, 0.15) is 21.7 Å². The molecule has 0 spiro atoms. The lowest BCUT2D eigenvalue weighted by Crippen LogP contribution is -2.28. The Morgan fingerprint density at radius 2 is 1.84 bits per heavy atom. The molecule has 31 heavy (non-hydrogen) atoms. The van der Waals surface area contributed by atoms with Gasteiger partial charge < -0.3 is 14.9 Å². The number of nitrogens with zero attached hydrogens (tertiary/aromatic N) is 2. The van der Waals surface area contributed by atoms with Gasteiger partial charge in [-0.25, -0.2) is 4.98 Å². The highest BCUT2D eigenvalue weighted by molar-refractivity contribution is 6.31. The van der Waals surface area contributed by atoms with Crippen LogP contribution in [0.2, 0.25) is 5.02 Å². The van der Waals surface area contributed by atoms with Crippen molar-refractivity contribution in [3.05, 3.63) is 101 Å². The summed E-state index contributed by atoms with van der Waals surface area (Å²) >= 11 is 6.23. The molecule has 6 heteroatoms. The molecule has 5 rings (SSSR count). The second-order valence-corrected chi connectivity index (χ2v) is 7.94. The lowest BCUT2D eigenvalue weighted by molar-refractivity contribution is 0.0940. The Labute approximate surface area is 184 Å². The number of halogens is 1. The summed E-state index contributed by atoms with van der Waals surface area (Å²) in [6.45, 7) is 1.07. The van der Waals surface area contributed by atoms with Gasteiger partial charge in [-0.2, -0.15) is 0 Å². The van der Waals surface area contributed by atoms with Crippen molar-refractivity contribution in [2.24, 2.45) is 0 Å².